The molecule has 4 rings (SSSR count). The van der Waals surface area contributed by atoms with Crippen LogP contribution >= 0.6 is 0 Å². The summed E-state index contributed by atoms with van der Waals surface area (Å²) in [6.07, 6.45) is 1.78. The van der Waals surface area contributed by atoms with E-state index < -0.39 is 12.6 Å². The Bertz CT molecular complexity index is 1020. The third-order valence-corrected chi connectivity index (χ3v) is 5.39. The Morgan fingerprint density at radius 3 is 2.60 bits per heavy atom. The Morgan fingerprint density at radius 1 is 1.07 bits per heavy atom. The maximum atomic E-state index is 12.5. The first-order chi connectivity index (χ1) is 14.5. The van der Waals surface area contributed by atoms with Gasteiger partial charge in [-0.2, -0.15) is 0 Å². The molecule has 0 aliphatic carbocycles. The lowest BCUT2D eigenvalue weighted by atomic mass is 10.1. The van der Waals surface area contributed by atoms with E-state index in [-0.39, 0.29) is 23.3 Å². The van der Waals surface area contributed by atoms with Gasteiger partial charge in [0.2, 0.25) is 5.91 Å². The van der Waals surface area contributed by atoms with Crippen LogP contribution < -0.4 is 19.7 Å². The normalized spacial score (nSPS) is 16.9. The van der Waals surface area contributed by atoms with Crippen LogP contribution in [0.1, 0.15) is 33.6 Å². The number of Topliss-reactive ketones (excluding diaryl/α,β-unsaturated/α-hetero) is 1. The topological polar surface area (TPSA) is 94.2 Å². The second-order valence-electron chi connectivity index (χ2n) is 7.14. The van der Waals surface area contributed by atoms with E-state index >= 15 is 0 Å². The van der Waals surface area contributed by atoms with Gasteiger partial charge < -0.3 is 24.4 Å². The molecule has 0 bridgehead atoms. The molecule has 2 aromatic carbocycles. The van der Waals surface area contributed by atoms with E-state index in [1.54, 1.807) is 30.3 Å². The van der Waals surface area contributed by atoms with Gasteiger partial charge >= 0.3 is 5.97 Å². The van der Waals surface area contributed by atoms with Crippen LogP contribution in [-0.2, 0) is 9.53 Å². The van der Waals surface area contributed by atoms with Gasteiger partial charge in [0.25, 0.3) is 0 Å². The molecule has 0 spiro atoms. The molecule has 8 nitrogen and oxygen atoms in total. The lowest BCUT2D eigenvalue weighted by Gasteiger charge is -2.33. The number of nitrogens with zero attached hydrogens (tertiary/aromatic N) is 1. The number of ketones is 1. The van der Waals surface area contributed by atoms with Crippen molar-refractivity contribution in [2.75, 3.05) is 37.6 Å². The highest BCUT2D eigenvalue weighted by molar-refractivity contribution is 6.06. The number of rotatable bonds is 6. The minimum atomic E-state index is -0.635. The quantitative estimate of drug-likeness (QED) is 0.578. The van der Waals surface area contributed by atoms with E-state index in [0.29, 0.717) is 22.7 Å². The second kappa shape index (κ2) is 8.06. The number of anilines is 2. The van der Waals surface area contributed by atoms with Crippen LogP contribution in [0.4, 0.5) is 11.4 Å². The summed E-state index contributed by atoms with van der Waals surface area (Å²) < 4.78 is 15.5. The summed E-state index contributed by atoms with van der Waals surface area (Å²) in [5.41, 5.74) is 2.10. The number of nitrogens with one attached hydrogen (secondary N) is 1. The molecule has 2 aliphatic heterocycles. The Balaban J connectivity index is 1.44. The van der Waals surface area contributed by atoms with Gasteiger partial charge in [0, 0.05) is 12.1 Å². The lowest BCUT2D eigenvalue weighted by Crippen LogP contribution is -2.43. The molecule has 0 unspecified atom stereocenters. The van der Waals surface area contributed by atoms with E-state index in [4.69, 9.17) is 14.2 Å². The van der Waals surface area contributed by atoms with E-state index in [0.717, 1.165) is 25.1 Å². The van der Waals surface area contributed by atoms with E-state index in [1.165, 1.54) is 20.3 Å². The van der Waals surface area contributed by atoms with Crippen molar-refractivity contribution in [3.8, 4) is 11.5 Å². The summed E-state index contributed by atoms with van der Waals surface area (Å²) in [4.78, 5) is 39.2. The zero-order chi connectivity index (χ0) is 21.3. The van der Waals surface area contributed by atoms with Gasteiger partial charge in [-0.25, -0.2) is 4.79 Å². The molecule has 2 aromatic rings. The van der Waals surface area contributed by atoms with E-state index in [2.05, 4.69) is 10.2 Å². The minimum Gasteiger partial charge on any atom is -0.493 e. The van der Waals surface area contributed by atoms with Gasteiger partial charge in [-0.05, 0) is 49.2 Å². The molecule has 30 heavy (non-hydrogen) atoms. The SMILES string of the molecule is COc1ccc(C(=O)COC(=O)c2ccc3c(c2)NC(=O)[C@@H]2CCCN32)cc1OC. The first kappa shape index (κ1) is 19.8. The van der Waals surface area contributed by atoms with Gasteiger partial charge in [-0.3, -0.25) is 9.59 Å². The number of esters is 1. The molecule has 0 aromatic heterocycles. The monoisotopic (exact) mass is 410 g/mol. The molecule has 0 radical (unpaired) electrons. The molecule has 1 amide bonds. The number of hydrogen-bond acceptors (Lipinski definition) is 7. The fraction of sp³-hybridized carbons (Fsp3) is 0.318. The van der Waals surface area contributed by atoms with Crippen LogP contribution in [0.15, 0.2) is 36.4 Å². The molecule has 2 heterocycles. The fourth-order valence-corrected chi connectivity index (χ4v) is 3.86. The Hall–Kier alpha value is -3.55. The number of carbonyl (C=O) groups is 3. The zero-order valence-corrected chi connectivity index (χ0v) is 16.8. The number of hydrogen-bond donors (Lipinski definition) is 1. The highest BCUT2D eigenvalue weighted by atomic mass is 16.5. The van der Waals surface area contributed by atoms with Gasteiger partial charge in [-0.1, -0.05) is 0 Å². The zero-order valence-electron chi connectivity index (χ0n) is 16.8. The number of carbonyl (C=O) groups excluding carboxylic acids is 3. The number of methoxy groups -OCH3 is 2. The predicted octanol–water partition coefficient (Wildman–Crippen LogP) is 2.66. The third-order valence-electron chi connectivity index (χ3n) is 5.39. The smallest absolute Gasteiger partial charge is 0.338 e. The second-order valence-corrected chi connectivity index (χ2v) is 7.14. The van der Waals surface area contributed by atoms with Crippen LogP contribution in [0.3, 0.4) is 0 Å². The maximum absolute atomic E-state index is 12.5. The van der Waals surface area contributed by atoms with Crippen LogP contribution in [0.2, 0.25) is 0 Å². The first-order valence-electron chi connectivity index (χ1n) is 9.65. The molecule has 0 saturated carbocycles. The average Bonchev–Trinajstić information content (AvgIpc) is 3.27. The van der Waals surface area contributed by atoms with Crippen LogP contribution in [0.5, 0.6) is 11.5 Å². The predicted molar refractivity (Wildman–Crippen MR) is 110 cm³/mol. The molecule has 1 fully saturated rings. The van der Waals surface area contributed by atoms with E-state index in [1.807, 2.05) is 0 Å². The Morgan fingerprint density at radius 2 is 1.83 bits per heavy atom. The highest BCUT2D eigenvalue weighted by Crippen LogP contribution is 2.37. The van der Waals surface area contributed by atoms with Crippen molar-refractivity contribution < 1.29 is 28.6 Å². The Labute approximate surface area is 173 Å². The summed E-state index contributed by atoms with van der Waals surface area (Å²) >= 11 is 0. The number of benzene rings is 2. The minimum absolute atomic E-state index is 0.0610. The first-order valence-corrected chi connectivity index (χ1v) is 9.65. The standard InChI is InChI=1S/C22H22N2O6/c1-28-19-8-6-13(11-20(19)29-2)18(25)12-30-22(27)14-5-7-16-15(10-14)23-21(26)17-4-3-9-24(16)17/h5-8,10-11,17H,3-4,9,12H2,1-2H3,(H,23,26)/t17-/m0/s1. The molecule has 1 atom stereocenters. The van der Waals surface area contributed by atoms with Crippen LogP contribution in [-0.4, -0.2) is 51.1 Å². The summed E-state index contributed by atoms with van der Waals surface area (Å²) in [7, 11) is 2.98. The van der Waals surface area contributed by atoms with Gasteiger partial charge in [-0.15, -0.1) is 0 Å². The molecular weight excluding hydrogens is 388 g/mol. The molecule has 156 valence electrons. The van der Waals surface area contributed by atoms with Crippen molar-refractivity contribution in [2.24, 2.45) is 0 Å². The Kier molecular flexibility index (Phi) is 5.31. The maximum Gasteiger partial charge on any atom is 0.338 e. The molecule has 1 N–H and O–H groups in total. The number of amides is 1. The van der Waals surface area contributed by atoms with Gasteiger partial charge in [0.05, 0.1) is 31.2 Å². The average molecular weight is 410 g/mol. The molecule has 1 saturated heterocycles. The summed E-state index contributed by atoms with van der Waals surface area (Å²) in [6, 6.07) is 9.63. The number of fused-ring (bicyclic) bond motifs is 3. The summed E-state index contributed by atoms with van der Waals surface area (Å²) in [6.45, 7) is 0.403. The van der Waals surface area contributed by atoms with Crippen molar-refractivity contribution in [2.45, 2.75) is 18.9 Å². The molecular formula is C22H22N2O6. The van der Waals surface area contributed by atoms with Crippen molar-refractivity contribution in [3.63, 3.8) is 0 Å². The number of ether oxygens (including phenoxy) is 3. The molecule has 2 aliphatic rings. The fourth-order valence-electron chi connectivity index (χ4n) is 3.86. The summed E-state index contributed by atoms with van der Waals surface area (Å²) in [5.74, 6) is -0.142. The van der Waals surface area contributed by atoms with Crippen molar-refractivity contribution in [1.82, 2.24) is 0 Å². The van der Waals surface area contributed by atoms with Crippen molar-refractivity contribution in [1.29, 1.82) is 0 Å². The lowest BCUT2D eigenvalue weighted by molar-refractivity contribution is -0.117. The van der Waals surface area contributed by atoms with Crippen molar-refractivity contribution >= 4 is 29.0 Å². The highest BCUT2D eigenvalue weighted by Gasteiger charge is 2.36. The van der Waals surface area contributed by atoms with Gasteiger partial charge in [0.15, 0.2) is 23.9 Å². The van der Waals surface area contributed by atoms with Crippen LogP contribution in [0, 0.1) is 0 Å². The van der Waals surface area contributed by atoms with Crippen molar-refractivity contribution in [3.05, 3.63) is 47.5 Å². The van der Waals surface area contributed by atoms with Crippen LogP contribution in [0.25, 0.3) is 0 Å². The van der Waals surface area contributed by atoms with E-state index in [9.17, 15) is 14.4 Å². The summed E-state index contributed by atoms with van der Waals surface area (Å²) in [5, 5.41) is 2.86. The van der Waals surface area contributed by atoms with Gasteiger partial charge in [0.1, 0.15) is 6.04 Å². The molecule has 8 heteroatoms. The third kappa shape index (κ3) is 3.56. The largest absolute Gasteiger partial charge is 0.493 e.